The first-order valence-corrected chi connectivity index (χ1v) is 12.6. The quantitative estimate of drug-likeness (QED) is 0.396. The minimum absolute atomic E-state index is 0.0389. The highest BCUT2D eigenvalue weighted by atomic mass is 32.2. The molecule has 0 fully saturated rings. The van der Waals surface area contributed by atoms with E-state index in [1.54, 1.807) is 11.8 Å². The minimum atomic E-state index is 0.0389. The van der Waals surface area contributed by atoms with E-state index in [2.05, 4.69) is 74.7 Å². The van der Waals surface area contributed by atoms with Gasteiger partial charge in [-0.05, 0) is 47.9 Å². The number of carbonyl (C=O) groups is 2. The van der Waals surface area contributed by atoms with Gasteiger partial charge in [0.2, 0.25) is 11.8 Å². The molecule has 31 heavy (non-hydrogen) atoms. The highest BCUT2D eigenvalue weighted by molar-refractivity contribution is 7.99. The largest absolute Gasteiger partial charge is 0.326 e. The Kier molecular flexibility index (Phi) is 10.6. The summed E-state index contributed by atoms with van der Waals surface area (Å²) in [6, 6.07) is 12.4. The van der Waals surface area contributed by atoms with Crippen molar-refractivity contribution in [2.75, 3.05) is 22.1 Å². The molecule has 0 radical (unpaired) electrons. The van der Waals surface area contributed by atoms with Gasteiger partial charge in [0.15, 0.2) is 0 Å². The Morgan fingerprint density at radius 1 is 0.645 bits per heavy atom. The van der Waals surface area contributed by atoms with E-state index < -0.39 is 0 Å². The number of hydrogen-bond donors (Lipinski definition) is 2. The van der Waals surface area contributed by atoms with E-state index in [1.807, 2.05) is 0 Å². The summed E-state index contributed by atoms with van der Waals surface area (Å²) in [5.41, 5.74) is 6.66. The lowest BCUT2D eigenvalue weighted by Crippen LogP contribution is -2.16. The zero-order valence-corrected chi connectivity index (χ0v) is 20.2. The van der Waals surface area contributed by atoms with Crippen LogP contribution < -0.4 is 10.6 Å². The van der Waals surface area contributed by atoms with Crippen molar-refractivity contribution in [1.29, 1.82) is 0 Å². The highest BCUT2D eigenvalue weighted by Gasteiger charge is 2.12. The van der Waals surface area contributed by atoms with Crippen molar-refractivity contribution in [3.63, 3.8) is 0 Å². The molecule has 4 nitrogen and oxygen atoms in total. The van der Waals surface area contributed by atoms with Crippen LogP contribution in [0.25, 0.3) is 0 Å². The maximum absolute atomic E-state index is 12.4. The summed E-state index contributed by atoms with van der Waals surface area (Å²) in [5, 5.41) is 6.21. The van der Waals surface area contributed by atoms with Crippen LogP contribution in [0.2, 0.25) is 0 Å². The van der Waals surface area contributed by atoms with Crippen molar-refractivity contribution >= 4 is 35.0 Å². The van der Waals surface area contributed by atoms with Crippen LogP contribution in [0.15, 0.2) is 36.4 Å². The molecule has 0 aromatic heterocycles. The number of rotatable bonds is 12. The third-order valence-corrected chi connectivity index (χ3v) is 6.46. The number of thioether (sulfide) groups is 1. The van der Waals surface area contributed by atoms with Crippen molar-refractivity contribution in [1.82, 2.24) is 0 Å². The molecule has 0 aliphatic carbocycles. The lowest BCUT2D eigenvalue weighted by Gasteiger charge is -2.15. The normalized spacial score (nSPS) is 10.7. The molecule has 0 aliphatic heterocycles. The van der Waals surface area contributed by atoms with Crippen molar-refractivity contribution in [2.24, 2.45) is 0 Å². The van der Waals surface area contributed by atoms with Gasteiger partial charge in [0.25, 0.3) is 0 Å². The molecule has 0 unspecified atom stereocenters. The Morgan fingerprint density at radius 2 is 0.968 bits per heavy atom. The molecule has 0 spiro atoms. The van der Waals surface area contributed by atoms with Gasteiger partial charge < -0.3 is 10.6 Å². The number of para-hydroxylation sites is 2. The summed E-state index contributed by atoms with van der Waals surface area (Å²) >= 11 is 1.65. The van der Waals surface area contributed by atoms with Gasteiger partial charge in [0, 0.05) is 35.7 Å². The molecule has 0 saturated carbocycles. The van der Waals surface area contributed by atoms with Crippen LogP contribution in [-0.4, -0.2) is 23.3 Å². The smallest absolute Gasteiger partial charge is 0.225 e. The zero-order chi connectivity index (χ0) is 22.6. The van der Waals surface area contributed by atoms with Gasteiger partial charge >= 0.3 is 0 Å². The van der Waals surface area contributed by atoms with E-state index in [-0.39, 0.29) is 11.8 Å². The first kappa shape index (κ1) is 25.0. The summed E-state index contributed by atoms with van der Waals surface area (Å²) in [6.07, 6.45) is 4.49. The van der Waals surface area contributed by atoms with Crippen molar-refractivity contribution in [2.45, 2.75) is 66.2 Å². The fourth-order valence-corrected chi connectivity index (χ4v) is 4.51. The number of aryl methyl sites for hydroxylation is 4. The topological polar surface area (TPSA) is 58.2 Å². The Bertz CT molecular complexity index is 764. The molecule has 2 amide bonds. The second-order valence-corrected chi connectivity index (χ2v) is 8.75. The lowest BCUT2D eigenvalue weighted by atomic mass is 10.0. The predicted octanol–water partition coefficient (Wildman–Crippen LogP) is 6.03. The monoisotopic (exact) mass is 440 g/mol. The Hall–Kier alpha value is -2.27. The molecule has 0 heterocycles. The van der Waals surface area contributed by atoms with E-state index >= 15 is 0 Å². The zero-order valence-electron chi connectivity index (χ0n) is 19.3. The molecule has 0 aliphatic rings. The van der Waals surface area contributed by atoms with E-state index in [1.165, 1.54) is 22.3 Å². The maximum atomic E-state index is 12.4. The molecular formula is C26H36N2O2S. The second kappa shape index (κ2) is 13.2. The van der Waals surface area contributed by atoms with Crippen LogP contribution >= 0.6 is 11.8 Å². The standard InChI is InChI=1S/C26H36N2O2S/c1-5-19-11-9-12-20(6-2)25(19)27-23(29)15-17-31-18-16-24(30)28-26-21(7-3)13-10-14-22(26)8-4/h9-14H,5-8,15-18H2,1-4H3,(H,27,29)(H,28,30). The van der Waals surface area contributed by atoms with Crippen LogP contribution in [0.4, 0.5) is 11.4 Å². The second-order valence-electron chi connectivity index (χ2n) is 7.53. The van der Waals surface area contributed by atoms with Gasteiger partial charge in [-0.25, -0.2) is 0 Å². The maximum Gasteiger partial charge on any atom is 0.225 e. The molecule has 168 valence electrons. The molecular weight excluding hydrogens is 404 g/mol. The van der Waals surface area contributed by atoms with E-state index in [9.17, 15) is 9.59 Å². The molecule has 0 bridgehead atoms. The summed E-state index contributed by atoms with van der Waals surface area (Å²) in [6.45, 7) is 8.42. The summed E-state index contributed by atoms with van der Waals surface area (Å²) in [4.78, 5) is 24.8. The minimum Gasteiger partial charge on any atom is -0.326 e. The van der Waals surface area contributed by atoms with Crippen LogP contribution in [0.1, 0.15) is 62.8 Å². The number of amides is 2. The van der Waals surface area contributed by atoms with Crippen LogP contribution in [-0.2, 0) is 35.3 Å². The van der Waals surface area contributed by atoms with E-state index in [0.29, 0.717) is 24.3 Å². The third-order valence-electron chi connectivity index (χ3n) is 5.47. The van der Waals surface area contributed by atoms with Gasteiger partial charge in [-0.1, -0.05) is 64.1 Å². The lowest BCUT2D eigenvalue weighted by molar-refractivity contribution is -0.116. The van der Waals surface area contributed by atoms with E-state index in [0.717, 1.165) is 37.1 Å². The molecule has 2 aromatic carbocycles. The fourth-order valence-electron chi connectivity index (χ4n) is 3.64. The van der Waals surface area contributed by atoms with Crippen molar-refractivity contribution in [3.8, 4) is 0 Å². The molecule has 0 atom stereocenters. The Morgan fingerprint density at radius 3 is 1.26 bits per heavy atom. The molecule has 2 N–H and O–H groups in total. The van der Waals surface area contributed by atoms with Crippen LogP contribution in [0.5, 0.6) is 0 Å². The van der Waals surface area contributed by atoms with Crippen molar-refractivity contribution in [3.05, 3.63) is 58.7 Å². The summed E-state index contributed by atoms with van der Waals surface area (Å²) in [7, 11) is 0. The van der Waals surface area contributed by atoms with Gasteiger partial charge in [-0.2, -0.15) is 11.8 Å². The van der Waals surface area contributed by atoms with Crippen LogP contribution in [0, 0.1) is 0 Å². The molecule has 5 heteroatoms. The molecule has 0 saturated heterocycles. The SMILES string of the molecule is CCc1cccc(CC)c1NC(=O)CCSCCC(=O)Nc1c(CC)cccc1CC. The van der Waals surface area contributed by atoms with Crippen molar-refractivity contribution < 1.29 is 9.59 Å². The summed E-state index contributed by atoms with van der Waals surface area (Å²) < 4.78 is 0. The number of nitrogens with one attached hydrogen (secondary N) is 2. The number of benzene rings is 2. The van der Waals surface area contributed by atoms with Crippen LogP contribution in [0.3, 0.4) is 0 Å². The Labute approximate surface area is 191 Å². The van der Waals surface area contributed by atoms with Gasteiger partial charge in [0.1, 0.15) is 0 Å². The first-order chi connectivity index (χ1) is 15.0. The Balaban J connectivity index is 1.77. The average Bonchev–Trinajstić information content (AvgIpc) is 2.79. The number of carbonyl (C=O) groups excluding carboxylic acids is 2. The summed E-state index contributed by atoms with van der Waals surface area (Å²) in [5.74, 6) is 1.50. The van der Waals surface area contributed by atoms with E-state index in [4.69, 9.17) is 0 Å². The molecule has 2 aromatic rings. The predicted molar refractivity (Wildman–Crippen MR) is 134 cm³/mol. The van der Waals surface area contributed by atoms with Gasteiger partial charge in [-0.3, -0.25) is 9.59 Å². The third kappa shape index (κ3) is 7.42. The highest BCUT2D eigenvalue weighted by Crippen LogP contribution is 2.24. The van der Waals surface area contributed by atoms with Gasteiger partial charge in [0.05, 0.1) is 0 Å². The molecule has 2 rings (SSSR count). The number of anilines is 2. The fraction of sp³-hybridized carbons (Fsp3) is 0.462. The number of hydrogen-bond acceptors (Lipinski definition) is 3. The van der Waals surface area contributed by atoms with Gasteiger partial charge in [-0.15, -0.1) is 0 Å². The average molecular weight is 441 g/mol. The first-order valence-electron chi connectivity index (χ1n) is 11.4.